The van der Waals surface area contributed by atoms with Crippen LogP contribution in [0.3, 0.4) is 0 Å². The fourth-order valence-electron chi connectivity index (χ4n) is 8.33. The van der Waals surface area contributed by atoms with Crippen molar-refractivity contribution >= 4 is 38.4 Å². The summed E-state index contributed by atoms with van der Waals surface area (Å²) in [5.74, 6) is -1.27. The van der Waals surface area contributed by atoms with Crippen molar-refractivity contribution in [1.82, 2.24) is 0 Å². The molecule has 0 N–H and O–H groups in total. The van der Waals surface area contributed by atoms with Gasteiger partial charge in [-0.2, -0.15) is 0 Å². The van der Waals surface area contributed by atoms with Crippen LogP contribution in [-0.4, -0.2) is 5.92 Å². The number of hydrogen-bond acceptors (Lipinski definition) is 0. The number of rotatable bonds is 8. The first-order valence-corrected chi connectivity index (χ1v) is 33.2. The van der Waals surface area contributed by atoms with Gasteiger partial charge in [0.15, 0.2) is 0 Å². The topological polar surface area (TPSA) is 0 Å². The van der Waals surface area contributed by atoms with Crippen LogP contribution in [0.25, 0.3) is 23.3 Å². The third-order valence-corrected chi connectivity index (χ3v) is 78.3. The summed E-state index contributed by atoms with van der Waals surface area (Å²) in [5, 5.41) is 0. The summed E-state index contributed by atoms with van der Waals surface area (Å²) in [7, 11) is 17.9. The summed E-state index contributed by atoms with van der Waals surface area (Å²) in [6.45, 7) is 11.7. The SMILES string of the molecule is CCC1=Cc2c(-c3ccc(C(C)CC)cc3)cccc2[CH]1[Zr]([Cl])([Cl])([c]1ccccc1)([CH]1C=Cc2ccccc21)[SiH](C)C. The molecule has 0 bridgehead atoms. The van der Waals surface area contributed by atoms with Gasteiger partial charge in [-0.05, 0) is 0 Å². The normalized spacial score (nSPS) is 20.0. The van der Waals surface area contributed by atoms with E-state index in [2.05, 4.69) is 149 Å². The Morgan fingerprint density at radius 2 is 1.45 bits per heavy atom. The van der Waals surface area contributed by atoms with Crippen molar-refractivity contribution in [2.45, 2.75) is 59.9 Å². The predicted molar refractivity (Wildman–Crippen MR) is 186 cm³/mol. The van der Waals surface area contributed by atoms with Gasteiger partial charge >= 0.3 is 260 Å². The molecule has 0 heterocycles. The minimum absolute atomic E-state index is 0.0100. The Balaban J connectivity index is 1.66. The second-order valence-corrected chi connectivity index (χ2v) is 64.1. The molecule has 2 aliphatic rings. The number of halogens is 2. The van der Waals surface area contributed by atoms with E-state index in [0.29, 0.717) is 5.92 Å². The summed E-state index contributed by atoms with van der Waals surface area (Å²) >= 11 is -5.70. The second kappa shape index (κ2) is 10.6. The molecule has 4 aromatic carbocycles. The summed E-state index contributed by atoms with van der Waals surface area (Å²) in [5.41, 5.74) is 10.5. The Morgan fingerprint density at radius 1 is 0.786 bits per heavy atom. The van der Waals surface area contributed by atoms with Crippen LogP contribution in [0.4, 0.5) is 0 Å². The molecule has 0 spiro atoms. The third-order valence-electron chi connectivity index (χ3n) is 11.1. The standard InChI is InChI=1S/C21H23.C9H7.C6H5.C2H7Si.2ClH.Zr/c1-4-15(3)17-9-11-18(12-10-17)20-8-6-7-19-13-16(5-2)14-21(19)20;1-2-5-9-7-3-6-8(9)4-1;1-2-4-6-5-3-1;1-3-2;;;/h6-15H,4-5H2,1-3H3;1-7H;1-5H;3H,1-2H3;2*1H;/q;;;;;;+2/p-2. The molecule has 3 unspecified atom stereocenters. The molecule has 0 nitrogen and oxygen atoms in total. The van der Waals surface area contributed by atoms with E-state index in [4.69, 9.17) is 17.0 Å². The number of allylic oxidation sites excluding steroid dienone is 2. The molecule has 0 aliphatic heterocycles. The Morgan fingerprint density at radius 3 is 2.12 bits per heavy atom. The van der Waals surface area contributed by atoms with Crippen LogP contribution < -0.4 is 3.27 Å². The van der Waals surface area contributed by atoms with E-state index >= 15 is 0 Å². The molecule has 0 radical (unpaired) electrons. The quantitative estimate of drug-likeness (QED) is 0.162. The molecule has 4 heteroatoms. The van der Waals surface area contributed by atoms with Crippen LogP contribution in [0, 0.1) is 0 Å². The molecule has 0 amide bonds. The summed E-state index contributed by atoms with van der Waals surface area (Å²) in [6, 6.07) is 35.8. The molecule has 42 heavy (non-hydrogen) atoms. The Bertz CT molecular complexity index is 1720. The molecular weight excluding hydrogens is 647 g/mol. The zero-order valence-corrected chi connectivity index (χ0v) is 30.6. The number of benzene rings is 4. The molecule has 0 aromatic heterocycles. The molecule has 3 atom stereocenters. The van der Waals surface area contributed by atoms with Crippen LogP contribution in [0.15, 0.2) is 109 Å². The third kappa shape index (κ3) is 4.01. The number of hydrogen-bond donors (Lipinski definition) is 0. The average Bonchev–Trinajstić information content (AvgIpc) is 3.65. The second-order valence-electron chi connectivity index (χ2n) is 13.1. The molecule has 6 rings (SSSR count). The van der Waals surface area contributed by atoms with Crippen LogP contribution in [0.1, 0.15) is 74.6 Å². The number of fused-ring (bicyclic) bond motifs is 2. The van der Waals surface area contributed by atoms with E-state index in [1.54, 1.807) is 0 Å². The van der Waals surface area contributed by atoms with Crippen LogP contribution in [-0.2, 0) is 14.1 Å². The van der Waals surface area contributed by atoms with Crippen molar-refractivity contribution in [2.24, 2.45) is 0 Å². The summed E-state index contributed by atoms with van der Waals surface area (Å²) in [4.78, 5) is 0. The van der Waals surface area contributed by atoms with Gasteiger partial charge in [-0.1, -0.05) is 0 Å². The van der Waals surface area contributed by atoms with E-state index < -0.39 is 20.0 Å². The van der Waals surface area contributed by atoms with Gasteiger partial charge in [-0.3, -0.25) is 0 Å². The van der Waals surface area contributed by atoms with E-state index in [1.165, 1.54) is 47.8 Å². The first kappa shape index (κ1) is 30.1. The fraction of sp³-hybridized carbons (Fsp3) is 0.263. The van der Waals surface area contributed by atoms with Gasteiger partial charge in [0.05, 0.1) is 0 Å². The molecule has 0 fully saturated rings. The van der Waals surface area contributed by atoms with Gasteiger partial charge < -0.3 is 0 Å². The zero-order chi connectivity index (χ0) is 29.8. The molecule has 216 valence electrons. The van der Waals surface area contributed by atoms with Crippen molar-refractivity contribution < 1.29 is 14.1 Å². The molecule has 2 aliphatic carbocycles. The maximum atomic E-state index is 8.96. The monoisotopic (exact) mass is 686 g/mol. The van der Waals surface area contributed by atoms with Crippen molar-refractivity contribution in [3.05, 3.63) is 137 Å². The molecule has 4 aromatic rings. The van der Waals surface area contributed by atoms with Gasteiger partial charge in [0.2, 0.25) is 0 Å². The Hall–Kier alpha value is -1.96. The van der Waals surface area contributed by atoms with Crippen molar-refractivity contribution in [3.8, 4) is 11.1 Å². The fourth-order valence-corrected chi connectivity index (χ4v) is 51.8. The minimum atomic E-state index is -5.70. The first-order valence-electron chi connectivity index (χ1n) is 15.6. The summed E-state index contributed by atoms with van der Waals surface area (Å²) < 4.78 is 1.18. The Labute approximate surface area is 258 Å². The van der Waals surface area contributed by atoms with Crippen LogP contribution in [0.5, 0.6) is 0 Å². The van der Waals surface area contributed by atoms with E-state index in [0.717, 1.165) is 12.8 Å². The van der Waals surface area contributed by atoms with E-state index in [1.807, 2.05) is 0 Å². The van der Waals surface area contributed by atoms with Gasteiger partial charge in [0.25, 0.3) is 0 Å². The maximum absolute atomic E-state index is 8.96. The summed E-state index contributed by atoms with van der Waals surface area (Å²) in [6.07, 6.45) is 9.18. The van der Waals surface area contributed by atoms with Gasteiger partial charge in [0.1, 0.15) is 0 Å². The van der Waals surface area contributed by atoms with Crippen molar-refractivity contribution in [1.29, 1.82) is 0 Å². The first-order chi connectivity index (χ1) is 20.1. The van der Waals surface area contributed by atoms with Crippen molar-refractivity contribution in [2.75, 3.05) is 0 Å². The molecule has 0 saturated carbocycles. The van der Waals surface area contributed by atoms with Gasteiger partial charge in [-0.15, -0.1) is 0 Å². The van der Waals surface area contributed by atoms with E-state index in [-0.39, 0.29) is 7.25 Å². The molecular formula is C38H42Cl2SiZr. The average molecular weight is 689 g/mol. The van der Waals surface area contributed by atoms with Crippen LogP contribution >= 0.6 is 17.0 Å². The van der Waals surface area contributed by atoms with Gasteiger partial charge in [-0.25, -0.2) is 0 Å². The Kier molecular flexibility index (Phi) is 7.58. The van der Waals surface area contributed by atoms with Gasteiger partial charge in [0, 0.05) is 0 Å². The predicted octanol–water partition coefficient (Wildman–Crippen LogP) is 11.3. The van der Waals surface area contributed by atoms with Crippen LogP contribution in [0.2, 0.25) is 13.1 Å². The zero-order valence-electron chi connectivity index (χ0n) is 25.4. The molecule has 0 saturated heterocycles. The van der Waals surface area contributed by atoms with Crippen molar-refractivity contribution in [3.63, 3.8) is 0 Å². The van der Waals surface area contributed by atoms with E-state index in [9.17, 15) is 0 Å².